The highest BCUT2D eigenvalue weighted by Crippen LogP contribution is 2.27. The second kappa shape index (κ2) is 8.65. The molecule has 0 aromatic carbocycles. The Labute approximate surface area is 159 Å². The zero-order valence-electron chi connectivity index (χ0n) is 15.2. The van der Waals surface area contributed by atoms with Gasteiger partial charge in [0.1, 0.15) is 0 Å². The molecule has 3 aliphatic rings. The van der Waals surface area contributed by atoms with Crippen LogP contribution in [0, 0.1) is 5.92 Å². The van der Waals surface area contributed by atoms with Crippen LogP contribution in [-0.2, 0) is 14.3 Å². The minimum Gasteiger partial charge on any atom is -0.381 e. The third-order valence-electron chi connectivity index (χ3n) is 5.83. The molecule has 0 spiro atoms. The third kappa shape index (κ3) is 4.36. The number of likely N-dealkylation sites (tertiary alicyclic amines) is 1. The van der Waals surface area contributed by atoms with Crippen molar-refractivity contribution in [3.8, 4) is 0 Å². The van der Waals surface area contributed by atoms with E-state index >= 15 is 0 Å². The molecule has 1 amide bonds. The van der Waals surface area contributed by atoms with Crippen molar-refractivity contribution in [2.45, 2.75) is 31.4 Å². The summed E-state index contributed by atoms with van der Waals surface area (Å²) in [5.74, 6) is 0.636. The highest BCUT2D eigenvalue weighted by Gasteiger charge is 2.36. The molecule has 0 saturated carbocycles. The number of carbonyl (C=O) groups is 1. The largest absolute Gasteiger partial charge is 0.381 e. The number of ether oxygens (including phenoxy) is 2. The molecular formula is C20H28N2O3S. The maximum absolute atomic E-state index is 12.5. The predicted molar refractivity (Wildman–Crippen MR) is 103 cm³/mol. The van der Waals surface area contributed by atoms with Crippen LogP contribution >= 0.6 is 11.3 Å². The summed E-state index contributed by atoms with van der Waals surface area (Å²) in [7, 11) is 0. The summed E-state index contributed by atoms with van der Waals surface area (Å²) in [6.07, 6.45) is 7.10. The Morgan fingerprint density at radius 3 is 2.85 bits per heavy atom. The maximum Gasteiger partial charge on any atom is 0.246 e. The number of hydrogen-bond donors (Lipinski definition) is 0. The first kappa shape index (κ1) is 18.2. The van der Waals surface area contributed by atoms with E-state index < -0.39 is 0 Å². The van der Waals surface area contributed by atoms with E-state index in [-0.39, 0.29) is 12.0 Å². The molecule has 0 N–H and O–H groups in total. The summed E-state index contributed by atoms with van der Waals surface area (Å²) >= 11 is 1.65. The van der Waals surface area contributed by atoms with Crippen LogP contribution in [-0.4, -0.2) is 73.9 Å². The molecule has 2 unspecified atom stereocenters. The van der Waals surface area contributed by atoms with E-state index in [1.807, 2.05) is 28.5 Å². The van der Waals surface area contributed by atoms with E-state index in [9.17, 15) is 4.79 Å². The molecule has 5 nitrogen and oxygen atoms in total. The van der Waals surface area contributed by atoms with Gasteiger partial charge in [-0.2, -0.15) is 0 Å². The van der Waals surface area contributed by atoms with Crippen molar-refractivity contribution < 1.29 is 14.3 Å². The molecule has 4 rings (SSSR count). The molecule has 4 heterocycles. The number of carbonyl (C=O) groups excluding carboxylic acids is 1. The fourth-order valence-corrected chi connectivity index (χ4v) is 4.92. The van der Waals surface area contributed by atoms with Crippen LogP contribution in [0.2, 0.25) is 0 Å². The van der Waals surface area contributed by atoms with Gasteiger partial charge in [0.05, 0.1) is 12.7 Å². The van der Waals surface area contributed by atoms with Gasteiger partial charge >= 0.3 is 0 Å². The first-order chi connectivity index (χ1) is 12.8. The Hall–Kier alpha value is -1.21. The molecule has 3 fully saturated rings. The second-order valence-corrected chi connectivity index (χ2v) is 8.41. The van der Waals surface area contributed by atoms with Crippen LogP contribution in [0.25, 0.3) is 6.08 Å². The number of amides is 1. The molecule has 0 bridgehead atoms. The van der Waals surface area contributed by atoms with Gasteiger partial charge in [-0.3, -0.25) is 9.69 Å². The number of nitrogens with zero attached hydrogens (tertiary/aromatic N) is 2. The van der Waals surface area contributed by atoms with Gasteiger partial charge in [0.15, 0.2) is 0 Å². The Bertz CT molecular complexity index is 613. The fourth-order valence-electron chi connectivity index (χ4n) is 4.30. The van der Waals surface area contributed by atoms with Crippen molar-refractivity contribution in [3.05, 3.63) is 28.5 Å². The Balaban J connectivity index is 1.33. The van der Waals surface area contributed by atoms with Crippen LogP contribution in [0.3, 0.4) is 0 Å². The Morgan fingerprint density at radius 1 is 1.15 bits per heavy atom. The van der Waals surface area contributed by atoms with E-state index in [0.717, 1.165) is 70.1 Å². The van der Waals surface area contributed by atoms with Crippen LogP contribution in [0.5, 0.6) is 0 Å². The quantitative estimate of drug-likeness (QED) is 0.760. The molecule has 0 radical (unpaired) electrons. The maximum atomic E-state index is 12.5. The lowest BCUT2D eigenvalue weighted by Gasteiger charge is -2.39. The van der Waals surface area contributed by atoms with Gasteiger partial charge in [-0.25, -0.2) is 0 Å². The first-order valence-electron chi connectivity index (χ1n) is 9.73. The summed E-state index contributed by atoms with van der Waals surface area (Å²) in [5, 5.41) is 2.03. The van der Waals surface area contributed by atoms with Gasteiger partial charge in [-0.05, 0) is 36.8 Å². The summed E-state index contributed by atoms with van der Waals surface area (Å²) < 4.78 is 11.7. The number of thiophene rings is 1. The van der Waals surface area contributed by atoms with Crippen molar-refractivity contribution in [2.24, 2.45) is 5.92 Å². The summed E-state index contributed by atoms with van der Waals surface area (Å²) in [5.41, 5.74) is 0. The van der Waals surface area contributed by atoms with Gasteiger partial charge in [0, 0.05) is 62.3 Å². The fraction of sp³-hybridized carbons (Fsp3) is 0.650. The average molecular weight is 377 g/mol. The minimum atomic E-state index is 0.103. The topological polar surface area (TPSA) is 42.0 Å². The lowest BCUT2D eigenvalue weighted by atomic mass is 9.92. The van der Waals surface area contributed by atoms with Crippen molar-refractivity contribution in [2.75, 3.05) is 46.0 Å². The minimum absolute atomic E-state index is 0.103. The van der Waals surface area contributed by atoms with Gasteiger partial charge in [0.25, 0.3) is 0 Å². The van der Waals surface area contributed by atoms with E-state index in [4.69, 9.17) is 9.47 Å². The number of fused-ring (bicyclic) bond motifs is 1. The first-order valence-corrected chi connectivity index (χ1v) is 10.6. The molecule has 142 valence electrons. The van der Waals surface area contributed by atoms with Crippen LogP contribution in [0.4, 0.5) is 0 Å². The lowest BCUT2D eigenvalue weighted by molar-refractivity contribution is -0.131. The number of piperidine rings is 1. The van der Waals surface area contributed by atoms with E-state index in [2.05, 4.69) is 4.90 Å². The van der Waals surface area contributed by atoms with E-state index in [1.165, 1.54) is 0 Å². The monoisotopic (exact) mass is 376 g/mol. The van der Waals surface area contributed by atoms with Crippen LogP contribution in [0.15, 0.2) is 23.6 Å². The molecule has 3 aliphatic heterocycles. The third-order valence-corrected chi connectivity index (χ3v) is 6.67. The molecule has 6 heteroatoms. The average Bonchev–Trinajstić information content (AvgIpc) is 3.11. The van der Waals surface area contributed by atoms with Crippen LogP contribution in [0.1, 0.15) is 24.1 Å². The lowest BCUT2D eigenvalue weighted by Crippen LogP contribution is -2.50. The number of rotatable bonds is 3. The van der Waals surface area contributed by atoms with Gasteiger partial charge in [-0.15, -0.1) is 11.3 Å². The second-order valence-electron chi connectivity index (χ2n) is 7.43. The van der Waals surface area contributed by atoms with Gasteiger partial charge < -0.3 is 14.4 Å². The van der Waals surface area contributed by atoms with Crippen molar-refractivity contribution in [3.63, 3.8) is 0 Å². The molecular weight excluding hydrogens is 348 g/mol. The van der Waals surface area contributed by atoms with Gasteiger partial charge in [0.2, 0.25) is 5.91 Å². The summed E-state index contributed by atoms with van der Waals surface area (Å²) in [4.78, 5) is 18.2. The smallest absolute Gasteiger partial charge is 0.246 e. The molecule has 1 aromatic heterocycles. The molecule has 26 heavy (non-hydrogen) atoms. The zero-order valence-corrected chi connectivity index (χ0v) is 16.0. The molecule has 1 aromatic rings. The van der Waals surface area contributed by atoms with E-state index in [0.29, 0.717) is 12.0 Å². The van der Waals surface area contributed by atoms with Crippen molar-refractivity contribution in [1.82, 2.24) is 9.80 Å². The Kier molecular flexibility index (Phi) is 6.05. The van der Waals surface area contributed by atoms with Crippen molar-refractivity contribution in [1.29, 1.82) is 0 Å². The Morgan fingerprint density at radius 2 is 2.04 bits per heavy atom. The van der Waals surface area contributed by atoms with Crippen LogP contribution < -0.4 is 0 Å². The normalized spacial score (nSPS) is 28.8. The van der Waals surface area contributed by atoms with Gasteiger partial charge in [-0.1, -0.05) is 6.07 Å². The highest BCUT2D eigenvalue weighted by atomic mass is 32.1. The zero-order chi connectivity index (χ0) is 17.8. The highest BCUT2D eigenvalue weighted by molar-refractivity contribution is 7.10. The molecule has 3 saturated heterocycles. The summed E-state index contributed by atoms with van der Waals surface area (Å²) in [6.45, 7) is 6.20. The molecule has 0 aliphatic carbocycles. The number of hydrogen-bond acceptors (Lipinski definition) is 5. The SMILES string of the molecule is O=C(/C=C/c1cccs1)N1CCC2CN(C3CCOCC3)CCOC2C1. The van der Waals surface area contributed by atoms with E-state index in [1.54, 1.807) is 17.4 Å². The summed E-state index contributed by atoms with van der Waals surface area (Å²) in [6, 6.07) is 4.67. The molecule has 2 atom stereocenters. The standard InChI is InChI=1S/C20H28N2O3S/c23-20(4-3-18-2-1-13-26-18)22-8-5-16-14-21(9-12-25-19(16)15-22)17-6-10-24-11-7-17/h1-4,13,16-17,19H,5-12,14-15H2/b4-3+. The predicted octanol–water partition coefficient (Wildman–Crippen LogP) is 2.49. The van der Waals surface area contributed by atoms with Crippen molar-refractivity contribution >= 4 is 23.3 Å².